The second-order valence-corrected chi connectivity index (χ2v) is 14.0. The lowest BCUT2D eigenvalue weighted by Crippen LogP contribution is -2.58. The minimum absolute atomic E-state index is 0.123. The van der Waals surface area contributed by atoms with Gasteiger partial charge in [-0.2, -0.15) is 0 Å². The highest BCUT2D eigenvalue weighted by Crippen LogP contribution is 2.37. The normalized spacial score (nSPS) is 39.5. The van der Waals surface area contributed by atoms with Gasteiger partial charge in [-0.3, -0.25) is 9.69 Å². The molecule has 4 N–H and O–H groups in total. The van der Waals surface area contributed by atoms with Crippen LogP contribution >= 0.6 is 0 Å². The number of morpholine rings is 1. The summed E-state index contributed by atoms with van der Waals surface area (Å²) >= 11 is 0. The molecule has 3 saturated heterocycles. The van der Waals surface area contributed by atoms with Crippen molar-refractivity contribution in [3.05, 3.63) is 0 Å². The van der Waals surface area contributed by atoms with Crippen molar-refractivity contribution in [2.45, 2.75) is 137 Å². The number of carbonyl (C=O) groups is 1. The fourth-order valence-corrected chi connectivity index (χ4v) is 7.48. The number of nitrogens with two attached hydrogens (primary N) is 1. The highest BCUT2D eigenvalue weighted by Gasteiger charge is 2.43. The third kappa shape index (κ3) is 11.1. The predicted molar refractivity (Wildman–Crippen MR) is 171 cm³/mol. The maximum absolute atomic E-state index is 13.0. The van der Waals surface area contributed by atoms with Crippen LogP contribution in [0, 0.1) is 35.5 Å². The SMILES string of the molecule is CCC[C@@](N)(OCO)C1CC(CC)C(C)CC(C)CC(C)[C@H](C)[C@@H](C)C(=O)O1.COC1OC(C)CC(N2CCOCC2)C1O. The minimum Gasteiger partial charge on any atom is -0.458 e. The van der Waals surface area contributed by atoms with Gasteiger partial charge in [0.05, 0.1) is 25.2 Å². The summed E-state index contributed by atoms with van der Waals surface area (Å²) in [4.78, 5) is 15.3. The van der Waals surface area contributed by atoms with E-state index in [2.05, 4.69) is 39.5 Å². The van der Waals surface area contributed by atoms with Crippen LogP contribution in [-0.4, -0.2) is 97.7 Å². The number of esters is 1. The van der Waals surface area contributed by atoms with Crippen LogP contribution in [0.4, 0.5) is 0 Å². The second-order valence-electron chi connectivity index (χ2n) is 14.0. The Labute approximate surface area is 267 Å². The van der Waals surface area contributed by atoms with Crippen molar-refractivity contribution >= 4 is 5.97 Å². The number of carbonyl (C=O) groups excluding carboxylic acids is 1. The van der Waals surface area contributed by atoms with E-state index >= 15 is 0 Å². The first-order valence-corrected chi connectivity index (χ1v) is 17.2. The van der Waals surface area contributed by atoms with Crippen molar-refractivity contribution < 1.29 is 38.7 Å². The standard InChI is InChI=1S/C23H45NO4.C11H21NO4/c1-8-10-23(24,27-14-25)21-13-20(9-2)17(5)12-15(3)11-16(4)18(6)19(7)22(26)28-21;1-8-7-9(10(13)11(14-2)16-8)12-3-5-15-6-4-12/h15-21,25H,8-14,24H2,1-7H3;8-11,13H,3-7H2,1-2H3/t15?,16?,17?,18-,19+,20?,21?,23+;/m0./s1. The number of methoxy groups -OCH3 is 1. The van der Waals surface area contributed by atoms with Crippen LogP contribution < -0.4 is 5.73 Å². The molecule has 0 saturated carbocycles. The number of cyclic esters (lactones) is 1. The van der Waals surface area contributed by atoms with E-state index in [0.717, 1.165) is 58.4 Å². The molecule has 10 heteroatoms. The van der Waals surface area contributed by atoms with Gasteiger partial charge in [0.2, 0.25) is 0 Å². The summed E-state index contributed by atoms with van der Waals surface area (Å²) in [5, 5.41) is 19.6. The Hall–Kier alpha value is -0.850. The molecule has 0 radical (unpaired) electrons. The third-order valence-corrected chi connectivity index (χ3v) is 10.6. The van der Waals surface area contributed by atoms with Crippen LogP contribution in [-0.2, 0) is 28.5 Å². The number of nitrogens with zero attached hydrogens (tertiary/aromatic N) is 1. The zero-order chi connectivity index (χ0) is 33.0. The summed E-state index contributed by atoms with van der Waals surface area (Å²) in [6.07, 6.45) is 4.64. The van der Waals surface area contributed by atoms with Crippen molar-refractivity contribution in [1.29, 1.82) is 0 Å². The van der Waals surface area contributed by atoms with Gasteiger partial charge in [-0.1, -0.05) is 61.3 Å². The van der Waals surface area contributed by atoms with E-state index in [0.29, 0.717) is 36.5 Å². The highest BCUT2D eigenvalue weighted by molar-refractivity contribution is 5.72. The van der Waals surface area contributed by atoms with E-state index in [1.807, 2.05) is 20.8 Å². The van der Waals surface area contributed by atoms with Gasteiger partial charge in [0.25, 0.3) is 0 Å². The summed E-state index contributed by atoms with van der Waals surface area (Å²) in [6, 6.07) is 0.123. The van der Waals surface area contributed by atoms with Crippen LogP contribution in [0.15, 0.2) is 0 Å². The van der Waals surface area contributed by atoms with E-state index in [1.165, 1.54) is 0 Å². The number of rotatable bonds is 8. The van der Waals surface area contributed by atoms with Crippen molar-refractivity contribution in [1.82, 2.24) is 4.90 Å². The molecule has 3 aliphatic rings. The molecule has 0 aromatic heterocycles. The van der Waals surface area contributed by atoms with Gasteiger partial charge in [-0.25, -0.2) is 0 Å². The lowest BCUT2D eigenvalue weighted by atomic mass is 9.75. The number of ether oxygens (including phenoxy) is 5. The molecule has 0 aromatic carbocycles. The fourth-order valence-electron chi connectivity index (χ4n) is 7.48. The molecule has 3 aliphatic heterocycles. The summed E-state index contributed by atoms with van der Waals surface area (Å²) < 4.78 is 27.6. The second kappa shape index (κ2) is 19.1. The Bertz CT molecular complexity index is 804. The molecule has 44 heavy (non-hydrogen) atoms. The number of hydrogen-bond acceptors (Lipinski definition) is 10. The third-order valence-electron chi connectivity index (χ3n) is 10.6. The lowest BCUT2D eigenvalue weighted by molar-refractivity contribution is -0.247. The molecule has 260 valence electrons. The van der Waals surface area contributed by atoms with Crippen LogP contribution in [0.25, 0.3) is 0 Å². The van der Waals surface area contributed by atoms with E-state index in [4.69, 9.17) is 29.4 Å². The zero-order valence-electron chi connectivity index (χ0n) is 29.2. The summed E-state index contributed by atoms with van der Waals surface area (Å²) in [5.74, 6) is 1.83. The first-order valence-electron chi connectivity index (χ1n) is 17.2. The van der Waals surface area contributed by atoms with Crippen molar-refractivity contribution in [2.24, 2.45) is 41.2 Å². The van der Waals surface area contributed by atoms with E-state index < -0.39 is 31.0 Å². The molecule has 3 rings (SSSR count). The first kappa shape index (κ1) is 39.3. The molecular weight excluding hydrogens is 564 g/mol. The first-order chi connectivity index (χ1) is 20.8. The van der Waals surface area contributed by atoms with E-state index in [-0.39, 0.29) is 30.0 Å². The summed E-state index contributed by atoms with van der Waals surface area (Å²) in [7, 11) is 1.57. The number of hydrogen-bond donors (Lipinski definition) is 3. The Morgan fingerprint density at radius 2 is 1.64 bits per heavy atom. The maximum atomic E-state index is 13.0. The minimum atomic E-state index is -1.16. The molecule has 3 heterocycles. The Balaban J connectivity index is 0.000000354. The largest absolute Gasteiger partial charge is 0.458 e. The monoisotopic (exact) mass is 630 g/mol. The van der Waals surface area contributed by atoms with Gasteiger partial charge < -0.3 is 39.6 Å². The van der Waals surface area contributed by atoms with Crippen LogP contribution in [0.5, 0.6) is 0 Å². The smallest absolute Gasteiger partial charge is 0.309 e. The molecule has 0 spiro atoms. The molecular formula is C34H66N2O8. The van der Waals surface area contributed by atoms with Crippen molar-refractivity contribution in [3.63, 3.8) is 0 Å². The Kier molecular flexibility index (Phi) is 17.1. The molecule has 3 fully saturated rings. The average molecular weight is 631 g/mol. The van der Waals surface area contributed by atoms with E-state index in [1.54, 1.807) is 7.11 Å². The van der Waals surface area contributed by atoms with Gasteiger partial charge in [0.15, 0.2) is 12.0 Å². The molecule has 10 nitrogen and oxygen atoms in total. The topological polar surface area (TPSA) is 133 Å². The number of aliphatic hydroxyl groups excluding tert-OH is 2. The zero-order valence-corrected chi connectivity index (χ0v) is 29.2. The van der Waals surface area contributed by atoms with Crippen molar-refractivity contribution in [2.75, 3.05) is 40.2 Å². The van der Waals surface area contributed by atoms with Gasteiger partial charge in [0, 0.05) is 26.2 Å². The number of aliphatic hydroxyl groups is 2. The van der Waals surface area contributed by atoms with Gasteiger partial charge in [0.1, 0.15) is 19.0 Å². The van der Waals surface area contributed by atoms with Crippen LogP contribution in [0.2, 0.25) is 0 Å². The lowest BCUT2D eigenvalue weighted by Gasteiger charge is -2.44. The highest BCUT2D eigenvalue weighted by atomic mass is 16.7. The predicted octanol–water partition coefficient (Wildman–Crippen LogP) is 4.54. The average Bonchev–Trinajstić information content (AvgIpc) is 2.99. The summed E-state index contributed by atoms with van der Waals surface area (Å²) in [5.41, 5.74) is 5.42. The van der Waals surface area contributed by atoms with Crippen LogP contribution in [0.3, 0.4) is 0 Å². The van der Waals surface area contributed by atoms with E-state index in [9.17, 15) is 15.0 Å². The van der Waals surface area contributed by atoms with Crippen molar-refractivity contribution in [3.8, 4) is 0 Å². The molecule has 0 aliphatic carbocycles. The summed E-state index contributed by atoms with van der Waals surface area (Å²) in [6.45, 7) is 20.0. The van der Waals surface area contributed by atoms with Gasteiger partial charge in [-0.15, -0.1) is 0 Å². The molecule has 0 amide bonds. The molecule has 0 bridgehead atoms. The van der Waals surface area contributed by atoms with Gasteiger partial charge >= 0.3 is 5.97 Å². The molecule has 9 unspecified atom stereocenters. The van der Waals surface area contributed by atoms with Crippen LogP contribution in [0.1, 0.15) is 100 Å². The molecule has 12 atom stereocenters. The quantitative estimate of drug-likeness (QED) is 0.259. The van der Waals surface area contributed by atoms with Gasteiger partial charge in [-0.05, 0) is 68.6 Å². The fraction of sp³-hybridized carbons (Fsp3) is 0.971. The Morgan fingerprint density at radius 1 is 1.00 bits per heavy atom. The molecule has 0 aromatic rings. The maximum Gasteiger partial charge on any atom is 0.309 e. The Morgan fingerprint density at radius 3 is 2.20 bits per heavy atom.